The Morgan fingerprint density at radius 2 is 1.46 bits per heavy atom. The Kier molecular flexibility index (Phi) is 10.1. The molecule has 1 fully saturated rings. The van der Waals surface area contributed by atoms with Crippen LogP contribution in [-0.2, 0) is 9.47 Å². The zero-order valence-electron chi connectivity index (χ0n) is 14.2. The largest absolute Gasteiger partial charge is 0.453 e. The maximum absolute atomic E-state index is 12.7. The number of unbranched alkanes of at least 4 members (excludes halogenated alkanes) is 6. The van der Waals surface area contributed by atoms with Gasteiger partial charge in [-0.1, -0.05) is 32.1 Å². The molecular weight excluding hydrogens is 331 g/mol. The number of rotatable bonds is 12. The van der Waals surface area contributed by atoms with Crippen LogP contribution in [0.1, 0.15) is 70.6 Å². The van der Waals surface area contributed by atoms with Crippen molar-refractivity contribution in [2.24, 2.45) is 0 Å². The summed E-state index contributed by atoms with van der Waals surface area (Å²) in [6.45, 7) is 2.16. The molecule has 24 heavy (non-hydrogen) atoms. The molecule has 1 atom stereocenters. The summed E-state index contributed by atoms with van der Waals surface area (Å²) < 4.78 is 72.3. The zero-order valence-corrected chi connectivity index (χ0v) is 14.2. The Morgan fingerprint density at radius 3 is 2.04 bits per heavy atom. The standard InChI is InChI=1S/C17H29F5O2/c18-16(19,17(20,21)22)11-7-4-2-1-3-5-8-12-23-14-15-10-6-9-13-24-15/h15H,1-14H2. The van der Waals surface area contributed by atoms with Gasteiger partial charge in [0.1, 0.15) is 0 Å². The first-order valence-corrected chi connectivity index (χ1v) is 8.97. The molecule has 0 bridgehead atoms. The number of hydrogen-bond donors (Lipinski definition) is 0. The molecule has 1 saturated heterocycles. The molecule has 1 aliphatic rings. The lowest BCUT2D eigenvalue weighted by Crippen LogP contribution is -2.36. The second-order valence-electron chi connectivity index (χ2n) is 6.49. The van der Waals surface area contributed by atoms with Crippen LogP contribution in [0.25, 0.3) is 0 Å². The Bertz CT molecular complexity index is 315. The molecule has 2 nitrogen and oxygen atoms in total. The monoisotopic (exact) mass is 360 g/mol. The van der Waals surface area contributed by atoms with Crippen LogP contribution < -0.4 is 0 Å². The average molecular weight is 360 g/mol. The Labute approximate surface area is 141 Å². The quantitative estimate of drug-likeness (QED) is 0.319. The van der Waals surface area contributed by atoms with E-state index in [1.165, 1.54) is 6.42 Å². The van der Waals surface area contributed by atoms with Crippen molar-refractivity contribution in [2.75, 3.05) is 19.8 Å². The van der Waals surface area contributed by atoms with Gasteiger partial charge in [-0.15, -0.1) is 0 Å². The van der Waals surface area contributed by atoms with Crippen molar-refractivity contribution in [3.8, 4) is 0 Å². The van der Waals surface area contributed by atoms with E-state index in [0.29, 0.717) is 26.1 Å². The number of halogens is 5. The minimum Gasteiger partial charge on any atom is -0.379 e. The fraction of sp³-hybridized carbons (Fsp3) is 1.00. The molecular formula is C17H29F5O2. The fourth-order valence-corrected chi connectivity index (χ4v) is 2.73. The highest BCUT2D eigenvalue weighted by Crippen LogP contribution is 2.39. The van der Waals surface area contributed by atoms with Crippen molar-refractivity contribution in [3.63, 3.8) is 0 Å². The third kappa shape index (κ3) is 9.16. The van der Waals surface area contributed by atoms with Gasteiger partial charge in [0, 0.05) is 19.6 Å². The maximum atomic E-state index is 12.7. The normalized spacial score (nSPS) is 19.6. The van der Waals surface area contributed by atoms with E-state index in [1.807, 2.05) is 0 Å². The fourth-order valence-electron chi connectivity index (χ4n) is 2.73. The van der Waals surface area contributed by atoms with Crippen LogP contribution in [0.15, 0.2) is 0 Å². The third-order valence-corrected chi connectivity index (χ3v) is 4.27. The topological polar surface area (TPSA) is 18.5 Å². The Hall–Kier alpha value is -0.430. The highest BCUT2D eigenvalue weighted by atomic mass is 19.4. The third-order valence-electron chi connectivity index (χ3n) is 4.27. The van der Waals surface area contributed by atoms with Gasteiger partial charge in [0.05, 0.1) is 12.7 Å². The van der Waals surface area contributed by atoms with Gasteiger partial charge in [-0.25, -0.2) is 0 Å². The maximum Gasteiger partial charge on any atom is 0.453 e. The van der Waals surface area contributed by atoms with Crippen LogP contribution in [0.4, 0.5) is 22.0 Å². The summed E-state index contributed by atoms with van der Waals surface area (Å²) in [4.78, 5) is 0. The molecule has 7 heteroatoms. The molecule has 1 heterocycles. The molecule has 0 spiro atoms. The predicted molar refractivity (Wildman–Crippen MR) is 82.3 cm³/mol. The van der Waals surface area contributed by atoms with Crippen LogP contribution in [0.2, 0.25) is 0 Å². The van der Waals surface area contributed by atoms with Gasteiger partial charge >= 0.3 is 12.1 Å². The molecule has 0 saturated carbocycles. The van der Waals surface area contributed by atoms with E-state index in [0.717, 1.165) is 45.1 Å². The second kappa shape index (κ2) is 11.2. The summed E-state index contributed by atoms with van der Waals surface area (Å²) in [6, 6.07) is 0. The first kappa shape index (κ1) is 21.6. The SMILES string of the molecule is FC(F)(F)C(F)(F)CCCCCCCCCOCC1CCCCO1. The smallest absolute Gasteiger partial charge is 0.379 e. The van der Waals surface area contributed by atoms with E-state index in [9.17, 15) is 22.0 Å². The van der Waals surface area contributed by atoms with Crippen molar-refractivity contribution in [3.05, 3.63) is 0 Å². The van der Waals surface area contributed by atoms with Crippen molar-refractivity contribution in [1.82, 2.24) is 0 Å². The van der Waals surface area contributed by atoms with Gasteiger partial charge in [0.2, 0.25) is 0 Å². The van der Waals surface area contributed by atoms with Crippen molar-refractivity contribution < 1.29 is 31.4 Å². The van der Waals surface area contributed by atoms with E-state index in [-0.39, 0.29) is 12.5 Å². The first-order chi connectivity index (χ1) is 11.3. The van der Waals surface area contributed by atoms with Gasteiger partial charge in [0.15, 0.2) is 0 Å². The molecule has 1 rings (SSSR count). The van der Waals surface area contributed by atoms with Crippen molar-refractivity contribution >= 4 is 0 Å². The summed E-state index contributed by atoms with van der Waals surface area (Å²) in [7, 11) is 0. The van der Waals surface area contributed by atoms with E-state index < -0.39 is 18.5 Å². The van der Waals surface area contributed by atoms with Crippen molar-refractivity contribution in [1.29, 1.82) is 0 Å². The van der Waals surface area contributed by atoms with Gasteiger partial charge in [-0.05, 0) is 32.1 Å². The molecule has 0 aromatic carbocycles. The van der Waals surface area contributed by atoms with Gasteiger partial charge in [0.25, 0.3) is 0 Å². The van der Waals surface area contributed by atoms with Crippen LogP contribution in [0.5, 0.6) is 0 Å². The Balaban J connectivity index is 1.84. The van der Waals surface area contributed by atoms with Crippen molar-refractivity contribution in [2.45, 2.75) is 88.8 Å². The highest BCUT2D eigenvalue weighted by Gasteiger charge is 2.56. The lowest BCUT2D eigenvalue weighted by molar-refractivity contribution is -0.284. The lowest BCUT2D eigenvalue weighted by atomic mass is 10.1. The first-order valence-electron chi connectivity index (χ1n) is 8.97. The van der Waals surface area contributed by atoms with Gasteiger partial charge < -0.3 is 9.47 Å². The van der Waals surface area contributed by atoms with Gasteiger partial charge in [-0.3, -0.25) is 0 Å². The molecule has 1 aliphatic heterocycles. The number of ether oxygens (including phenoxy) is 2. The number of alkyl halides is 5. The minimum absolute atomic E-state index is 0.0863. The van der Waals surface area contributed by atoms with Crippen LogP contribution in [-0.4, -0.2) is 38.0 Å². The molecule has 0 N–H and O–H groups in total. The van der Waals surface area contributed by atoms with Crippen LogP contribution in [0, 0.1) is 0 Å². The summed E-state index contributed by atoms with van der Waals surface area (Å²) in [5.41, 5.74) is 0. The minimum atomic E-state index is -5.42. The summed E-state index contributed by atoms with van der Waals surface area (Å²) in [5.74, 6) is -4.55. The average Bonchev–Trinajstić information content (AvgIpc) is 2.52. The number of hydrogen-bond acceptors (Lipinski definition) is 2. The van der Waals surface area contributed by atoms with E-state index in [4.69, 9.17) is 9.47 Å². The predicted octanol–water partition coefficient (Wildman–Crippen LogP) is 5.89. The van der Waals surface area contributed by atoms with E-state index in [1.54, 1.807) is 0 Å². The van der Waals surface area contributed by atoms with Crippen LogP contribution in [0.3, 0.4) is 0 Å². The molecule has 144 valence electrons. The zero-order chi connectivity index (χ0) is 17.9. The molecule has 0 aromatic heterocycles. The molecule has 1 unspecified atom stereocenters. The summed E-state index contributed by atoms with van der Waals surface area (Å²) >= 11 is 0. The summed E-state index contributed by atoms with van der Waals surface area (Å²) in [5, 5.41) is 0. The Morgan fingerprint density at radius 1 is 0.833 bits per heavy atom. The molecule has 0 aliphatic carbocycles. The van der Waals surface area contributed by atoms with Gasteiger partial charge in [-0.2, -0.15) is 22.0 Å². The summed E-state index contributed by atoms with van der Waals surface area (Å²) in [6.07, 6.45) is 1.88. The van der Waals surface area contributed by atoms with E-state index in [2.05, 4.69) is 0 Å². The van der Waals surface area contributed by atoms with Crippen LogP contribution >= 0.6 is 0 Å². The second-order valence-corrected chi connectivity index (χ2v) is 6.49. The molecule has 0 radical (unpaired) electrons. The lowest BCUT2D eigenvalue weighted by Gasteiger charge is -2.22. The van der Waals surface area contributed by atoms with E-state index >= 15 is 0 Å². The molecule has 0 amide bonds. The molecule has 0 aromatic rings. The highest BCUT2D eigenvalue weighted by molar-refractivity contribution is 4.75.